The number of rotatable bonds is 6. The molecule has 1 fully saturated rings. The van der Waals surface area contributed by atoms with E-state index in [4.69, 9.17) is 16.3 Å². The Bertz CT molecular complexity index is 954. The highest BCUT2D eigenvalue weighted by Crippen LogP contribution is 2.23. The Hall–Kier alpha value is -2.90. The Morgan fingerprint density at radius 2 is 1.97 bits per heavy atom. The lowest BCUT2D eigenvalue weighted by molar-refractivity contribution is -0.119. The van der Waals surface area contributed by atoms with Gasteiger partial charge >= 0.3 is 0 Å². The van der Waals surface area contributed by atoms with Gasteiger partial charge in [-0.3, -0.25) is 14.9 Å². The minimum atomic E-state index is -0.288. The molecule has 0 bridgehead atoms. The number of nitrogens with zero attached hydrogens (tertiary/aromatic N) is 1. The van der Waals surface area contributed by atoms with Crippen LogP contribution in [-0.4, -0.2) is 37.0 Å². The number of amides is 2. The number of halogens is 1. The summed E-state index contributed by atoms with van der Waals surface area (Å²) in [5.74, 6) is -0.0474. The first kappa shape index (κ1) is 22.8. The van der Waals surface area contributed by atoms with E-state index in [0.717, 1.165) is 36.3 Å². The topological polar surface area (TPSA) is 91.8 Å². The fraction of sp³-hybridized carbons (Fsp3) is 0.348. The zero-order valence-corrected chi connectivity index (χ0v) is 18.5. The monoisotopic (exact) mass is 442 g/mol. The molecule has 8 heteroatoms. The molecule has 1 heterocycles. The van der Waals surface area contributed by atoms with Crippen LogP contribution in [0.25, 0.3) is 0 Å². The SMILES string of the molecule is CC(=O)NCc1ccc(C(=O)NC(=NC[C@@H]2CCCO2)Nc2cccc(Cl)c2C)cc1. The van der Waals surface area contributed by atoms with Crippen LogP contribution in [0, 0.1) is 6.92 Å². The first-order valence-corrected chi connectivity index (χ1v) is 10.6. The molecule has 2 aromatic carbocycles. The Balaban J connectivity index is 1.72. The summed E-state index contributed by atoms with van der Waals surface area (Å²) in [6.45, 7) is 4.98. The molecule has 0 saturated carbocycles. The van der Waals surface area contributed by atoms with E-state index in [-0.39, 0.29) is 17.9 Å². The first-order valence-electron chi connectivity index (χ1n) is 10.3. The number of nitrogens with one attached hydrogen (secondary N) is 3. The molecule has 1 aliphatic heterocycles. The van der Waals surface area contributed by atoms with Crippen LogP contribution in [0.3, 0.4) is 0 Å². The van der Waals surface area contributed by atoms with Crippen molar-refractivity contribution in [3.05, 3.63) is 64.2 Å². The largest absolute Gasteiger partial charge is 0.376 e. The molecular formula is C23H27ClN4O3. The third-order valence-corrected chi connectivity index (χ3v) is 5.40. The maximum Gasteiger partial charge on any atom is 0.257 e. The van der Waals surface area contributed by atoms with Crippen LogP contribution in [0.2, 0.25) is 5.02 Å². The van der Waals surface area contributed by atoms with Gasteiger partial charge in [-0.2, -0.15) is 0 Å². The second-order valence-corrected chi connectivity index (χ2v) is 7.83. The fourth-order valence-corrected chi connectivity index (χ4v) is 3.32. The highest BCUT2D eigenvalue weighted by molar-refractivity contribution is 6.31. The predicted octanol–water partition coefficient (Wildman–Crippen LogP) is 3.66. The number of carbonyl (C=O) groups is 2. The molecular weight excluding hydrogens is 416 g/mol. The molecule has 31 heavy (non-hydrogen) atoms. The van der Waals surface area contributed by atoms with Crippen molar-refractivity contribution in [1.29, 1.82) is 0 Å². The van der Waals surface area contributed by atoms with Gasteiger partial charge in [0.05, 0.1) is 12.6 Å². The van der Waals surface area contributed by atoms with E-state index >= 15 is 0 Å². The van der Waals surface area contributed by atoms with Crippen molar-refractivity contribution in [1.82, 2.24) is 10.6 Å². The smallest absolute Gasteiger partial charge is 0.257 e. The highest BCUT2D eigenvalue weighted by atomic mass is 35.5. The minimum absolute atomic E-state index is 0.0576. The summed E-state index contributed by atoms with van der Waals surface area (Å²) in [6.07, 6.45) is 2.03. The van der Waals surface area contributed by atoms with Crippen molar-refractivity contribution in [2.24, 2.45) is 4.99 Å². The standard InChI is InChI=1S/C23H27ClN4O3/c1-15-20(24)6-3-7-21(15)27-23(26-14-19-5-4-12-31-19)28-22(30)18-10-8-17(9-11-18)13-25-16(2)29/h3,6-11,19H,4-5,12-14H2,1-2H3,(H,25,29)(H2,26,27,28,30)/t19-/m0/s1. The highest BCUT2D eigenvalue weighted by Gasteiger charge is 2.16. The zero-order chi connectivity index (χ0) is 22.2. The number of carbonyl (C=O) groups excluding carboxylic acids is 2. The van der Waals surface area contributed by atoms with Crippen molar-refractivity contribution in [2.45, 2.75) is 39.3 Å². The Morgan fingerprint density at radius 1 is 1.19 bits per heavy atom. The molecule has 1 saturated heterocycles. The summed E-state index contributed by atoms with van der Waals surface area (Å²) >= 11 is 6.23. The van der Waals surface area contributed by atoms with E-state index in [2.05, 4.69) is 20.9 Å². The molecule has 1 atom stereocenters. The lowest BCUT2D eigenvalue weighted by Crippen LogP contribution is -2.37. The Labute approximate surface area is 187 Å². The number of aliphatic imine (C=N–C) groups is 1. The second-order valence-electron chi connectivity index (χ2n) is 7.42. The van der Waals surface area contributed by atoms with Crippen molar-refractivity contribution in [3.63, 3.8) is 0 Å². The maximum atomic E-state index is 12.8. The van der Waals surface area contributed by atoms with Gasteiger partial charge in [-0.15, -0.1) is 0 Å². The molecule has 0 aromatic heterocycles. The lowest BCUT2D eigenvalue weighted by Gasteiger charge is -2.15. The van der Waals surface area contributed by atoms with Gasteiger partial charge in [0.25, 0.3) is 5.91 Å². The van der Waals surface area contributed by atoms with E-state index < -0.39 is 0 Å². The average molecular weight is 443 g/mol. The number of ether oxygens (including phenoxy) is 1. The normalized spacial score (nSPS) is 16.1. The molecule has 0 radical (unpaired) electrons. The number of guanidine groups is 1. The van der Waals surface area contributed by atoms with Crippen LogP contribution in [0.1, 0.15) is 41.3 Å². The molecule has 3 N–H and O–H groups in total. The Kier molecular flexibility index (Phi) is 8.03. The minimum Gasteiger partial charge on any atom is -0.376 e. The van der Waals surface area contributed by atoms with E-state index in [1.165, 1.54) is 6.92 Å². The van der Waals surface area contributed by atoms with E-state index in [0.29, 0.717) is 29.6 Å². The van der Waals surface area contributed by atoms with Crippen LogP contribution < -0.4 is 16.0 Å². The second kappa shape index (κ2) is 10.9. The van der Waals surface area contributed by atoms with Crippen LogP contribution in [0.5, 0.6) is 0 Å². The first-order chi connectivity index (χ1) is 14.9. The van der Waals surface area contributed by atoms with E-state index in [1.54, 1.807) is 12.1 Å². The number of benzene rings is 2. The van der Waals surface area contributed by atoms with Gasteiger partial charge in [0.15, 0.2) is 0 Å². The molecule has 7 nitrogen and oxygen atoms in total. The van der Waals surface area contributed by atoms with Crippen LogP contribution in [0.15, 0.2) is 47.5 Å². The average Bonchev–Trinajstić information content (AvgIpc) is 3.27. The predicted molar refractivity (Wildman–Crippen MR) is 123 cm³/mol. The van der Waals surface area contributed by atoms with Crippen molar-refractivity contribution < 1.29 is 14.3 Å². The van der Waals surface area contributed by atoms with Crippen LogP contribution >= 0.6 is 11.6 Å². The van der Waals surface area contributed by atoms with Gasteiger partial charge in [0, 0.05) is 36.3 Å². The lowest BCUT2D eigenvalue weighted by atomic mass is 10.1. The van der Waals surface area contributed by atoms with Crippen molar-refractivity contribution in [2.75, 3.05) is 18.5 Å². The Morgan fingerprint density at radius 3 is 2.65 bits per heavy atom. The fourth-order valence-electron chi connectivity index (χ4n) is 3.14. The number of anilines is 1. The van der Waals surface area contributed by atoms with Crippen LogP contribution in [0.4, 0.5) is 5.69 Å². The third-order valence-electron chi connectivity index (χ3n) is 4.99. The van der Waals surface area contributed by atoms with E-state index in [1.807, 2.05) is 37.3 Å². The van der Waals surface area contributed by atoms with Gasteiger partial charge in [-0.05, 0) is 55.2 Å². The van der Waals surface area contributed by atoms with Gasteiger partial charge < -0.3 is 15.4 Å². The van der Waals surface area contributed by atoms with Gasteiger partial charge in [0.1, 0.15) is 0 Å². The summed E-state index contributed by atoms with van der Waals surface area (Å²) in [5, 5.41) is 9.40. The summed E-state index contributed by atoms with van der Waals surface area (Å²) in [6, 6.07) is 12.6. The van der Waals surface area contributed by atoms with Crippen LogP contribution in [-0.2, 0) is 16.1 Å². The molecule has 1 aliphatic rings. The summed E-state index contributed by atoms with van der Waals surface area (Å²) in [5.41, 5.74) is 3.03. The molecule has 0 unspecified atom stereocenters. The number of hydrogen-bond acceptors (Lipinski definition) is 4. The molecule has 0 aliphatic carbocycles. The summed E-state index contributed by atoms with van der Waals surface area (Å²) < 4.78 is 5.64. The molecule has 2 amide bonds. The van der Waals surface area contributed by atoms with E-state index in [9.17, 15) is 9.59 Å². The molecule has 0 spiro atoms. The van der Waals surface area contributed by atoms with Crippen molar-refractivity contribution in [3.8, 4) is 0 Å². The van der Waals surface area contributed by atoms with Gasteiger partial charge in [-0.1, -0.05) is 29.8 Å². The summed E-state index contributed by atoms with van der Waals surface area (Å²) in [7, 11) is 0. The van der Waals surface area contributed by atoms with Gasteiger partial charge in [-0.25, -0.2) is 4.99 Å². The molecule has 2 aromatic rings. The zero-order valence-electron chi connectivity index (χ0n) is 17.7. The quantitative estimate of drug-likeness (QED) is 0.470. The number of hydrogen-bond donors (Lipinski definition) is 3. The summed E-state index contributed by atoms with van der Waals surface area (Å²) in [4.78, 5) is 28.4. The molecule has 164 valence electrons. The maximum absolute atomic E-state index is 12.8. The van der Waals surface area contributed by atoms with Crippen molar-refractivity contribution >= 4 is 35.1 Å². The van der Waals surface area contributed by atoms with Gasteiger partial charge in [0.2, 0.25) is 11.9 Å². The molecule has 3 rings (SSSR count). The third kappa shape index (κ3) is 6.80.